The first-order chi connectivity index (χ1) is 13.2. The summed E-state index contributed by atoms with van der Waals surface area (Å²) in [5.74, 6) is 1.22. The van der Waals surface area contributed by atoms with E-state index in [0.29, 0.717) is 12.5 Å². The lowest BCUT2D eigenvalue weighted by Gasteiger charge is -2.19. The second-order valence-electron chi connectivity index (χ2n) is 7.12. The van der Waals surface area contributed by atoms with Crippen LogP contribution in [0.5, 0.6) is 5.75 Å². The molecule has 2 heterocycles. The third-order valence-corrected chi connectivity index (χ3v) is 5.69. The molecule has 0 saturated carbocycles. The van der Waals surface area contributed by atoms with Crippen LogP contribution in [0.3, 0.4) is 0 Å². The van der Waals surface area contributed by atoms with E-state index in [1.807, 2.05) is 24.4 Å². The summed E-state index contributed by atoms with van der Waals surface area (Å²) in [5.41, 5.74) is 2.27. The van der Waals surface area contributed by atoms with Crippen LogP contribution < -0.4 is 10.1 Å². The molecule has 0 bridgehead atoms. The van der Waals surface area contributed by atoms with Gasteiger partial charge in [0, 0.05) is 36.9 Å². The van der Waals surface area contributed by atoms with Gasteiger partial charge in [0.25, 0.3) is 0 Å². The Morgan fingerprint density at radius 2 is 2.07 bits per heavy atom. The lowest BCUT2D eigenvalue weighted by atomic mass is 10.2. The molecule has 146 valence electrons. The number of rotatable bonds is 9. The molecule has 1 aromatic heterocycles. The van der Waals surface area contributed by atoms with Crippen molar-refractivity contribution in [2.75, 3.05) is 19.6 Å². The minimum atomic E-state index is 0.343. The largest absolute Gasteiger partial charge is 0.487 e. The summed E-state index contributed by atoms with van der Waals surface area (Å²) < 4.78 is 5.79. The summed E-state index contributed by atoms with van der Waals surface area (Å²) >= 11 is 1.65. The molecule has 1 saturated heterocycles. The van der Waals surface area contributed by atoms with Crippen molar-refractivity contribution in [1.29, 1.82) is 0 Å². The van der Waals surface area contributed by atoms with Gasteiger partial charge in [-0.3, -0.25) is 4.79 Å². The van der Waals surface area contributed by atoms with E-state index in [1.54, 1.807) is 11.3 Å². The number of hydrogen-bond acceptors (Lipinski definition) is 4. The molecule has 0 aliphatic carbocycles. The van der Waals surface area contributed by atoms with Crippen LogP contribution >= 0.6 is 11.3 Å². The van der Waals surface area contributed by atoms with Crippen molar-refractivity contribution in [3.8, 4) is 5.75 Å². The van der Waals surface area contributed by atoms with Crippen molar-refractivity contribution < 1.29 is 14.8 Å². The van der Waals surface area contributed by atoms with Gasteiger partial charge in [0.15, 0.2) is 0 Å². The number of likely N-dealkylation sites (tertiary alicyclic amines) is 1. The van der Waals surface area contributed by atoms with Gasteiger partial charge in [-0.05, 0) is 44.0 Å². The van der Waals surface area contributed by atoms with Crippen LogP contribution in [-0.2, 0) is 17.9 Å². The van der Waals surface area contributed by atoms with Crippen LogP contribution in [-0.4, -0.2) is 35.4 Å². The van der Waals surface area contributed by atoms with Gasteiger partial charge in [0.1, 0.15) is 18.9 Å². The molecule has 6 heteroatoms. The number of carbonyl (C=O) groups excluding carboxylic acids is 1. The van der Waals surface area contributed by atoms with Crippen molar-refractivity contribution in [3.63, 3.8) is 0 Å². The van der Waals surface area contributed by atoms with E-state index in [4.69, 9.17) is 4.74 Å². The van der Waals surface area contributed by atoms with E-state index in [-0.39, 0.29) is 0 Å². The van der Waals surface area contributed by atoms with Gasteiger partial charge in [-0.1, -0.05) is 6.42 Å². The number of nitrogens with zero attached hydrogens (tertiary/aromatic N) is 2. The molecule has 1 aromatic carbocycles. The first-order valence-electron chi connectivity index (χ1n) is 9.93. The quantitative estimate of drug-likeness (QED) is 0.672. The van der Waals surface area contributed by atoms with Crippen LogP contribution in [0.4, 0.5) is 0 Å². The summed E-state index contributed by atoms with van der Waals surface area (Å²) in [5, 5.41) is 5.42. The Morgan fingerprint density at radius 3 is 2.85 bits per heavy atom. The van der Waals surface area contributed by atoms with Crippen molar-refractivity contribution in [3.05, 3.63) is 45.9 Å². The first kappa shape index (κ1) is 19.8. The third-order valence-electron chi connectivity index (χ3n) is 4.86. The normalized spacial score (nSPS) is 15.0. The summed E-state index contributed by atoms with van der Waals surface area (Å²) in [4.78, 5) is 18.4. The molecule has 1 aliphatic rings. The van der Waals surface area contributed by atoms with Gasteiger partial charge >= 0.3 is 0 Å². The Morgan fingerprint density at radius 1 is 1.22 bits per heavy atom. The Hall–Kier alpha value is -1.92. The second-order valence-corrected chi connectivity index (χ2v) is 8.18. The second kappa shape index (κ2) is 10.4. The predicted octanol–water partition coefficient (Wildman–Crippen LogP) is 2.89. The van der Waals surface area contributed by atoms with Crippen LogP contribution in [0.15, 0.2) is 29.6 Å². The van der Waals surface area contributed by atoms with E-state index in [1.165, 1.54) is 12.0 Å². The third kappa shape index (κ3) is 6.63. The number of ether oxygens (including phenoxy) is 1. The summed E-state index contributed by atoms with van der Waals surface area (Å²) in [6, 6.07) is 8.30. The highest BCUT2D eigenvalue weighted by Gasteiger charge is 2.15. The topological polar surface area (TPSA) is 59.0 Å². The monoisotopic (exact) mass is 388 g/mol. The Labute approximate surface area is 165 Å². The average Bonchev–Trinajstić information content (AvgIpc) is 2.99. The molecule has 1 amide bonds. The minimum absolute atomic E-state index is 0.343. The maximum absolute atomic E-state index is 12.0. The fraction of sp³-hybridized carbons (Fsp3) is 0.524. The van der Waals surface area contributed by atoms with Crippen molar-refractivity contribution in [2.45, 2.75) is 52.2 Å². The molecule has 3 rings (SSSR count). The smallest absolute Gasteiger partial charge is 0.222 e. The number of benzene rings is 1. The van der Waals surface area contributed by atoms with Crippen molar-refractivity contribution in [1.82, 2.24) is 9.88 Å². The number of amides is 1. The SMILES string of the molecule is Cc1nc(COc2ccc(C[NH2+]CCCN3CCCCCC3=O)cc2)cs1. The van der Waals surface area contributed by atoms with Gasteiger partial charge in [0.05, 0.1) is 17.2 Å². The summed E-state index contributed by atoms with van der Waals surface area (Å²) in [7, 11) is 0. The number of quaternary nitrogens is 1. The number of aromatic nitrogens is 1. The van der Waals surface area contributed by atoms with E-state index in [0.717, 1.165) is 68.3 Å². The summed E-state index contributed by atoms with van der Waals surface area (Å²) in [6.07, 6.45) is 5.20. The highest BCUT2D eigenvalue weighted by Crippen LogP contribution is 2.15. The standard InChI is InChI=1S/C21H29N3O2S/c1-17-23-19(16-27-17)15-26-20-9-7-18(8-10-20)14-22-11-5-13-24-12-4-2-3-6-21(24)25/h7-10,16,22H,2-6,11-15H2,1H3/p+1. The van der Waals surface area contributed by atoms with Gasteiger partial charge in [-0.15, -0.1) is 11.3 Å². The van der Waals surface area contributed by atoms with E-state index in [9.17, 15) is 4.79 Å². The lowest BCUT2D eigenvalue weighted by Crippen LogP contribution is -2.82. The lowest BCUT2D eigenvalue weighted by molar-refractivity contribution is -0.670. The number of aryl methyl sites for hydroxylation is 1. The van der Waals surface area contributed by atoms with Gasteiger partial charge in [-0.25, -0.2) is 4.98 Å². The zero-order valence-corrected chi connectivity index (χ0v) is 17.0. The molecule has 0 atom stereocenters. The molecular weight excluding hydrogens is 358 g/mol. The average molecular weight is 389 g/mol. The molecule has 27 heavy (non-hydrogen) atoms. The highest BCUT2D eigenvalue weighted by molar-refractivity contribution is 7.09. The number of thiazole rings is 1. The Balaban J connectivity index is 1.32. The zero-order valence-electron chi connectivity index (χ0n) is 16.2. The van der Waals surface area contributed by atoms with E-state index >= 15 is 0 Å². The fourth-order valence-electron chi connectivity index (χ4n) is 3.32. The number of hydrogen-bond donors (Lipinski definition) is 1. The molecular formula is C21H30N3O2S+. The van der Waals surface area contributed by atoms with Crippen LogP contribution in [0.1, 0.15) is 48.4 Å². The van der Waals surface area contributed by atoms with Gasteiger partial charge in [-0.2, -0.15) is 0 Å². The number of carbonyl (C=O) groups is 1. The van der Waals surface area contributed by atoms with Gasteiger partial charge in [0.2, 0.25) is 5.91 Å². The van der Waals surface area contributed by atoms with Crippen LogP contribution in [0.25, 0.3) is 0 Å². The molecule has 0 unspecified atom stereocenters. The highest BCUT2D eigenvalue weighted by atomic mass is 32.1. The van der Waals surface area contributed by atoms with Crippen LogP contribution in [0, 0.1) is 6.92 Å². The predicted molar refractivity (Wildman–Crippen MR) is 108 cm³/mol. The summed E-state index contributed by atoms with van der Waals surface area (Å²) in [6.45, 7) is 6.37. The zero-order chi connectivity index (χ0) is 18.9. The molecule has 1 aliphatic heterocycles. The maximum Gasteiger partial charge on any atom is 0.222 e. The molecule has 0 radical (unpaired) electrons. The molecule has 2 aromatic rings. The van der Waals surface area contributed by atoms with Crippen molar-refractivity contribution >= 4 is 17.2 Å². The molecule has 1 fully saturated rings. The fourth-order valence-corrected chi connectivity index (χ4v) is 3.92. The van der Waals surface area contributed by atoms with E-state index < -0.39 is 0 Å². The molecule has 0 spiro atoms. The molecule has 2 N–H and O–H groups in total. The van der Waals surface area contributed by atoms with Crippen LogP contribution in [0.2, 0.25) is 0 Å². The Kier molecular flexibility index (Phi) is 7.66. The maximum atomic E-state index is 12.0. The number of nitrogens with two attached hydrogens (primary N) is 1. The minimum Gasteiger partial charge on any atom is -0.487 e. The van der Waals surface area contributed by atoms with Gasteiger partial charge < -0.3 is 15.0 Å². The van der Waals surface area contributed by atoms with E-state index in [2.05, 4.69) is 27.3 Å². The molecule has 5 nitrogen and oxygen atoms in total. The van der Waals surface area contributed by atoms with Crippen molar-refractivity contribution in [2.24, 2.45) is 0 Å². The Bertz CT molecular complexity index is 714. The first-order valence-corrected chi connectivity index (χ1v) is 10.8.